The van der Waals surface area contributed by atoms with Gasteiger partial charge in [-0.05, 0) is 61.9 Å². The van der Waals surface area contributed by atoms with Gasteiger partial charge in [-0.15, -0.1) is 0 Å². The van der Waals surface area contributed by atoms with E-state index in [2.05, 4.69) is 71.7 Å². The Balaban J connectivity index is 3.14. The fourth-order valence-corrected chi connectivity index (χ4v) is 2.46. The molecule has 0 saturated carbocycles. The van der Waals surface area contributed by atoms with Crippen LogP contribution in [0.25, 0.3) is 0 Å². The summed E-state index contributed by atoms with van der Waals surface area (Å²) >= 11 is 6.66. The van der Waals surface area contributed by atoms with E-state index in [1.54, 1.807) is 0 Å². The summed E-state index contributed by atoms with van der Waals surface area (Å²) in [6.07, 6.45) is 2.55. The van der Waals surface area contributed by atoms with Gasteiger partial charge in [-0.3, -0.25) is 0 Å². The molecule has 0 aliphatic heterocycles. The van der Waals surface area contributed by atoms with Crippen molar-refractivity contribution in [2.45, 2.75) is 46.0 Å². The average Bonchev–Trinajstić information content (AvgIpc) is 2.47. The van der Waals surface area contributed by atoms with Gasteiger partial charge in [-0.25, -0.2) is 0 Å². The van der Waals surface area contributed by atoms with E-state index in [9.17, 15) is 0 Å². The number of rotatable bonds is 9. The molecule has 0 aliphatic rings. The van der Waals surface area contributed by atoms with Crippen LogP contribution in [0.2, 0.25) is 0 Å². The normalized spacial score (nSPS) is 11.0. The number of benzene rings is 1. The third kappa shape index (κ3) is 6.86. The van der Waals surface area contributed by atoms with Crippen molar-refractivity contribution in [3.63, 3.8) is 0 Å². The summed E-state index contributed by atoms with van der Waals surface area (Å²) < 4.78 is 12.7. The van der Waals surface area contributed by atoms with E-state index in [1.165, 1.54) is 0 Å². The van der Waals surface area contributed by atoms with Crippen molar-refractivity contribution >= 4 is 31.9 Å². The first-order valence-corrected chi connectivity index (χ1v) is 9.50. The van der Waals surface area contributed by atoms with Crippen molar-refractivity contribution < 1.29 is 14.6 Å². The van der Waals surface area contributed by atoms with Gasteiger partial charge in [-0.1, -0.05) is 27.7 Å². The number of hydrogen-bond acceptors (Lipinski definition) is 3. The molecule has 1 rings (SSSR count). The van der Waals surface area contributed by atoms with Crippen LogP contribution in [0, 0.1) is 0 Å². The molecule has 23 heavy (non-hydrogen) atoms. The molecule has 1 aromatic rings. The summed E-state index contributed by atoms with van der Waals surface area (Å²) in [5.74, 6) is 2.45. The van der Waals surface area contributed by atoms with Crippen molar-refractivity contribution in [2.24, 2.45) is 0 Å². The van der Waals surface area contributed by atoms with Crippen LogP contribution in [0.5, 0.6) is 11.5 Å². The van der Waals surface area contributed by atoms with Crippen molar-refractivity contribution in [3.05, 3.63) is 32.7 Å². The minimum Gasteiger partial charge on any atom is -0.493 e. The van der Waals surface area contributed by atoms with E-state index in [4.69, 9.17) is 14.6 Å². The Morgan fingerprint density at radius 3 is 2.09 bits per heavy atom. The quantitative estimate of drug-likeness (QED) is 0.491. The zero-order chi connectivity index (χ0) is 17.4. The molecule has 0 unspecified atom stereocenters. The molecule has 1 aromatic carbocycles. The number of aliphatic hydroxyl groups is 1. The molecule has 3 nitrogen and oxygen atoms in total. The second-order valence-electron chi connectivity index (χ2n) is 5.97. The number of hydrogen-bond donors (Lipinski definition) is 1. The molecule has 5 heteroatoms. The van der Waals surface area contributed by atoms with Gasteiger partial charge >= 0.3 is 0 Å². The summed E-state index contributed by atoms with van der Waals surface area (Å²) in [6, 6.07) is 4.11. The maximum Gasteiger partial charge on any atom is 0.126 e. The van der Waals surface area contributed by atoms with E-state index >= 15 is 0 Å². The molecule has 0 aliphatic carbocycles. The Hall–Kier alpha value is -0.520. The summed E-state index contributed by atoms with van der Waals surface area (Å²) in [6.45, 7) is 9.76. The van der Waals surface area contributed by atoms with Crippen molar-refractivity contribution in [2.75, 3.05) is 19.8 Å². The van der Waals surface area contributed by atoms with E-state index in [-0.39, 0.29) is 6.61 Å². The predicted molar refractivity (Wildman–Crippen MR) is 103 cm³/mol. The van der Waals surface area contributed by atoms with E-state index in [0.29, 0.717) is 31.5 Å². The Morgan fingerprint density at radius 2 is 1.65 bits per heavy atom. The zero-order valence-corrected chi connectivity index (χ0v) is 17.4. The maximum atomic E-state index is 8.97. The highest BCUT2D eigenvalue weighted by atomic mass is 79.9. The largest absolute Gasteiger partial charge is 0.493 e. The van der Waals surface area contributed by atoms with Crippen LogP contribution in [0.4, 0.5) is 0 Å². The molecular weight excluding hydrogens is 424 g/mol. The SMILES string of the molecule is CC(C)c1cc(OCC=C(Br)Br)cc(C(C)C)c1OCCCO. The zero-order valence-electron chi connectivity index (χ0n) is 14.2. The second kappa shape index (κ2) is 10.4. The van der Waals surface area contributed by atoms with Crippen LogP contribution < -0.4 is 9.47 Å². The highest BCUT2D eigenvalue weighted by Gasteiger charge is 2.18. The highest BCUT2D eigenvalue weighted by molar-refractivity contribution is 9.28. The van der Waals surface area contributed by atoms with E-state index in [0.717, 1.165) is 26.0 Å². The lowest BCUT2D eigenvalue weighted by atomic mass is 9.93. The van der Waals surface area contributed by atoms with E-state index in [1.807, 2.05) is 6.08 Å². The average molecular weight is 450 g/mol. The predicted octanol–water partition coefficient (Wildman–Crippen LogP) is 5.70. The summed E-state index contributed by atoms with van der Waals surface area (Å²) in [5, 5.41) is 8.97. The van der Waals surface area contributed by atoms with Crippen molar-refractivity contribution in [3.8, 4) is 11.5 Å². The molecule has 0 saturated heterocycles. The summed E-state index contributed by atoms with van der Waals surface area (Å²) in [4.78, 5) is 0. The van der Waals surface area contributed by atoms with Crippen molar-refractivity contribution in [1.29, 1.82) is 0 Å². The first-order chi connectivity index (χ1) is 10.9. The molecule has 1 N–H and O–H groups in total. The lowest BCUT2D eigenvalue weighted by Gasteiger charge is -2.21. The van der Waals surface area contributed by atoms with Gasteiger partial charge in [0.25, 0.3) is 0 Å². The van der Waals surface area contributed by atoms with Gasteiger partial charge in [0, 0.05) is 24.2 Å². The Bertz CT molecular complexity index is 492. The van der Waals surface area contributed by atoms with Gasteiger partial charge in [0.15, 0.2) is 0 Å². The monoisotopic (exact) mass is 448 g/mol. The van der Waals surface area contributed by atoms with Crippen LogP contribution in [0.15, 0.2) is 21.6 Å². The van der Waals surface area contributed by atoms with Crippen LogP contribution in [-0.2, 0) is 0 Å². The Kier molecular flexibility index (Phi) is 9.25. The Morgan fingerprint density at radius 1 is 1.09 bits per heavy atom. The molecule has 0 bridgehead atoms. The number of ether oxygens (including phenoxy) is 2. The van der Waals surface area contributed by atoms with Gasteiger partial charge < -0.3 is 14.6 Å². The molecule has 0 atom stereocenters. The molecule has 0 heterocycles. The smallest absolute Gasteiger partial charge is 0.126 e. The van der Waals surface area contributed by atoms with Crippen LogP contribution in [0.3, 0.4) is 0 Å². The lowest BCUT2D eigenvalue weighted by Crippen LogP contribution is -2.08. The molecule has 0 aromatic heterocycles. The first-order valence-electron chi connectivity index (χ1n) is 7.92. The van der Waals surface area contributed by atoms with Crippen LogP contribution in [-0.4, -0.2) is 24.9 Å². The van der Waals surface area contributed by atoms with Gasteiger partial charge in [0.05, 0.1) is 10.00 Å². The second-order valence-corrected chi connectivity index (χ2v) is 8.74. The molecular formula is C18H26Br2O3. The van der Waals surface area contributed by atoms with Gasteiger partial charge in [0.1, 0.15) is 18.1 Å². The fraction of sp³-hybridized carbons (Fsp3) is 0.556. The third-order valence-electron chi connectivity index (χ3n) is 3.40. The Labute approximate surface area is 156 Å². The number of aliphatic hydroxyl groups excluding tert-OH is 1. The highest BCUT2D eigenvalue weighted by Crippen LogP contribution is 2.38. The molecule has 0 radical (unpaired) electrons. The molecule has 0 amide bonds. The van der Waals surface area contributed by atoms with Crippen molar-refractivity contribution in [1.82, 2.24) is 0 Å². The topological polar surface area (TPSA) is 38.7 Å². The molecule has 0 fully saturated rings. The minimum atomic E-state index is 0.142. The van der Waals surface area contributed by atoms with Gasteiger partial charge in [-0.2, -0.15) is 0 Å². The fourth-order valence-electron chi connectivity index (χ4n) is 2.19. The standard InChI is InChI=1S/C18H26Br2O3/c1-12(2)15-10-14(22-9-6-17(19)20)11-16(13(3)4)18(15)23-8-5-7-21/h6,10-13,21H,5,7-9H2,1-4H3. The first kappa shape index (κ1) is 20.5. The van der Waals surface area contributed by atoms with Gasteiger partial charge in [0.2, 0.25) is 0 Å². The van der Waals surface area contributed by atoms with Crippen LogP contribution in [0.1, 0.15) is 57.1 Å². The molecule has 130 valence electrons. The number of halogens is 2. The molecule has 0 spiro atoms. The summed E-state index contributed by atoms with van der Waals surface area (Å²) in [5.41, 5.74) is 2.29. The maximum absolute atomic E-state index is 8.97. The van der Waals surface area contributed by atoms with Crippen LogP contribution >= 0.6 is 31.9 Å². The summed E-state index contributed by atoms with van der Waals surface area (Å²) in [7, 11) is 0. The third-order valence-corrected chi connectivity index (χ3v) is 4.05. The lowest BCUT2D eigenvalue weighted by molar-refractivity contribution is 0.230. The minimum absolute atomic E-state index is 0.142. The van der Waals surface area contributed by atoms with E-state index < -0.39 is 0 Å².